The molecule has 0 saturated carbocycles. The van der Waals surface area contributed by atoms with Gasteiger partial charge in [-0.3, -0.25) is 4.79 Å². The van der Waals surface area contributed by atoms with Crippen LogP contribution in [0, 0.1) is 5.92 Å². The van der Waals surface area contributed by atoms with E-state index in [0.29, 0.717) is 18.1 Å². The molecule has 4 rings (SSSR count). The molecular weight excluding hydrogens is 328 g/mol. The van der Waals surface area contributed by atoms with Crippen molar-refractivity contribution < 1.29 is 9.53 Å². The summed E-state index contributed by atoms with van der Waals surface area (Å²) >= 11 is 6.04. The zero-order valence-corrected chi connectivity index (χ0v) is 14.2. The summed E-state index contributed by atoms with van der Waals surface area (Å²) in [5.41, 5.74) is 0.977. The molecule has 1 aromatic heterocycles. The number of hydrogen-bond acceptors (Lipinski definition) is 4. The molecule has 0 bridgehead atoms. The number of ether oxygens (including phenoxy) is 1. The number of hydrogen-bond donors (Lipinski definition) is 1. The first kappa shape index (κ1) is 15.4. The Morgan fingerprint density at radius 3 is 3.21 bits per heavy atom. The van der Waals surface area contributed by atoms with E-state index < -0.39 is 0 Å². The van der Waals surface area contributed by atoms with Crippen molar-refractivity contribution in [3.63, 3.8) is 0 Å². The maximum absolute atomic E-state index is 12.6. The van der Waals surface area contributed by atoms with Crippen LogP contribution in [0.3, 0.4) is 0 Å². The van der Waals surface area contributed by atoms with Gasteiger partial charge in [-0.1, -0.05) is 11.6 Å². The zero-order valence-electron chi connectivity index (χ0n) is 13.5. The van der Waals surface area contributed by atoms with Crippen LogP contribution in [0.5, 0.6) is 5.75 Å². The molecule has 1 aromatic carbocycles. The average Bonchev–Trinajstić information content (AvgIpc) is 3.17. The summed E-state index contributed by atoms with van der Waals surface area (Å²) in [4.78, 5) is 12.6. The fraction of sp³-hybridized carbons (Fsp3) is 0.471. The molecule has 2 aromatic rings. The highest BCUT2D eigenvalue weighted by Gasteiger charge is 2.29. The van der Waals surface area contributed by atoms with Gasteiger partial charge in [0.1, 0.15) is 18.2 Å². The quantitative estimate of drug-likeness (QED) is 0.926. The molecule has 1 N–H and O–H groups in total. The van der Waals surface area contributed by atoms with Gasteiger partial charge in [0.2, 0.25) is 5.91 Å². The van der Waals surface area contributed by atoms with Crippen molar-refractivity contribution in [2.45, 2.75) is 38.8 Å². The van der Waals surface area contributed by atoms with E-state index in [2.05, 4.69) is 20.1 Å². The second-order valence-electron chi connectivity index (χ2n) is 6.42. The molecule has 24 heavy (non-hydrogen) atoms. The van der Waals surface area contributed by atoms with Crippen molar-refractivity contribution in [3.05, 3.63) is 40.4 Å². The third-order valence-electron chi connectivity index (χ3n) is 4.68. The summed E-state index contributed by atoms with van der Waals surface area (Å²) < 4.78 is 7.81. The number of benzene rings is 1. The molecule has 6 nitrogen and oxygen atoms in total. The number of aryl methyl sites for hydroxylation is 1. The Kier molecular flexibility index (Phi) is 3.92. The number of nitrogens with one attached hydrogen (secondary N) is 1. The lowest BCUT2D eigenvalue weighted by Gasteiger charge is -2.26. The summed E-state index contributed by atoms with van der Waals surface area (Å²) in [6.07, 6.45) is 2.68. The summed E-state index contributed by atoms with van der Waals surface area (Å²) in [6.45, 7) is 3.25. The molecule has 2 aliphatic rings. The number of carbonyl (C=O) groups excluding carboxylic acids is 1. The van der Waals surface area contributed by atoms with Gasteiger partial charge in [0.15, 0.2) is 5.82 Å². The molecule has 1 amide bonds. The fourth-order valence-corrected chi connectivity index (χ4v) is 3.62. The van der Waals surface area contributed by atoms with Gasteiger partial charge in [0.05, 0.1) is 12.0 Å². The largest absolute Gasteiger partial charge is 0.492 e. The Hall–Kier alpha value is -2.08. The second-order valence-corrected chi connectivity index (χ2v) is 6.86. The van der Waals surface area contributed by atoms with Crippen LogP contribution in [-0.2, 0) is 24.2 Å². The van der Waals surface area contributed by atoms with E-state index in [0.717, 1.165) is 42.3 Å². The Morgan fingerprint density at radius 2 is 2.33 bits per heavy atom. The van der Waals surface area contributed by atoms with Crippen LogP contribution in [0.25, 0.3) is 0 Å². The van der Waals surface area contributed by atoms with Gasteiger partial charge in [-0.2, -0.15) is 0 Å². The molecule has 0 spiro atoms. The number of amides is 1. The van der Waals surface area contributed by atoms with Crippen molar-refractivity contribution in [1.82, 2.24) is 20.1 Å². The number of carbonyl (C=O) groups is 1. The van der Waals surface area contributed by atoms with Crippen LogP contribution >= 0.6 is 11.6 Å². The lowest BCUT2D eigenvalue weighted by atomic mass is 9.96. The van der Waals surface area contributed by atoms with E-state index in [9.17, 15) is 4.79 Å². The van der Waals surface area contributed by atoms with Crippen LogP contribution in [0.4, 0.5) is 0 Å². The predicted octanol–water partition coefficient (Wildman–Crippen LogP) is 2.31. The van der Waals surface area contributed by atoms with Crippen molar-refractivity contribution >= 4 is 17.5 Å². The topological polar surface area (TPSA) is 69.0 Å². The molecule has 2 aliphatic heterocycles. The van der Waals surface area contributed by atoms with Gasteiger partial charge in [0.25, 0.3) is 0 Å². The smallest absolute Gasteiger partial charge is 0.227 e. The third-order valence-corrected chi connectivity index (χ3v) is 4.92. The first-order valence-corrected chi connectivity index (χ1v) is 8.63. The predicted molar refractivity (Wildman–Crippen MR) is 89.0 cm³/mol. The van der Waals surface area contributed by atoms with Crippen molar-refractivity contribution in [2.24, 2.45) is 5.92 Å². The van der Waals surface area contributed by atoms with Gasteiger partial charge < -0.3 is 14.6 Å². The highest BCUT2D eigenvalue weighted by molar-refractivity contribution is 6.30. The van der Waals surface area contributed by atoms with Gasteiger partial charge in [-0.25, -0.2) is 0 Å². The van der Waals surface area contributed by atoms with E-state index in [-0.39, 0.29) is 17.9 Å². The molecule has 3 heterocycles. The summed E-state index contributed by atoms with van der Waals surface area (Å²) in [5, 5.41) is 12.1. The standard InChI is InChI=1S/C17H19ClN4O2/c1-10(16-21-20-15-3-2-6-22(15)16)19-17(23)12-7-11-8-13(18)4-5-14(11)24-9-12/h4-5,8,10,12H,2-3,6-7,9H2,1H3,(H,19,23). The van der Waals surface area contributed by atoms with E-state index in [1.54, 1.807) is 6.07 Å². The third kappa shape index (κ3) is 2.75. The highest BCUT2D eigenvalue weighted by atomic mass is 35.5. The second kappa shape index (κ2) is 6.09. The van der Waals surface area contributed by atoms with Crippen molar-refractivity contribution in [1.29, 1.82) is 0 Å². The summed E-state index contributed by atoms with van der Waals surface area (Å²) in [6, 6.07) is 5.35. The molecule has 0 saturated heterocycles. The first-order valence-electron chi connectivity index (χ1n) is 8.25. The molecule has 2 unspecified atom stereocenters. The summed E-state index contributed by atoms with van der Waals surface area (Å²) in [5.74, 6) is 2.40. The number of fused-ring (bicyclic) bond motifs is 2. The van der Waals surface area contributed by atoms with Gasteiger partial charge in [0, 0.05) is 18.0 Å². The molecule has 0 aliphatic carbocycles. The Morgan fingerprint density at radius 1 is 1.46 bits per heavy atom. The molecule has 0 radical (unpaired) electrons. The van der Waals surface area contributed by atoms with Gasteiger partial charge in [-0.05, 0) is 43.5 Å². The van der Waals surface area contributed by atoms with Crippen molar-refractivity contribution in [3.8, 4) is 5.75 Å². The van der Waals surface area contributed by atoms with Crippen LogP contribution in [0.2, 0.25) is 5.02 Å². The van der Waals surface area contributed by atoms with Crippen LogP contribution < -0.4 is 10.1 Å². The van der Waals surface area contributed by atoms with Gasteiger partial charge in [-0.15, -0.1) is 10.2 Å². The minimum Gasteiger partial charge on any atom is -0.492 e. The Balaban J connectivity index is 1.45. The maximum Gasteiger partial charge on any atom is 0.227 e. The summed E-state index contributed by atoms with van der Waals surface area (Å²) in [7, 11) is 0. The van der Waals surface area contributed by atoms with Crippen LogP contribution in [0.1, 0.15) is 36.6 Å². The molecule has 2 atom stereocenters. The SMILES string of the molecule is CC(NC(=O)C1COc2ccc(Cl)cc2C1)c1nnc2n1CCC2. The average molecular weight is 347 g/mol. The van der Waals surface area contributed by atoms with E-state index in [1.807, 2.05) is 19.1 Å². The lowest BCUT2D eigenvalue weighted by Crippen LogP contribution is -2.39. The minimum absolute atomic E-state index is 0.0246. The lowest BCUT2D eigenvalue weighted by molar-refractivity contribution is -0.127. The normalized spacial score (nSPS) is 20.0. The molecular formula is C17H19ClN4O2. The fourth-order valence-electron chi connectivity index (χ4n) is 3.42. The number of halogens is 1. The zero-order chi connectivity index (χ0) is 16.7. The Labute approximate surface area is 145 Å². The molecule has 7 heteroatoms. The number of aromatic nitrogens is 3. The Bertz CT molecular complexity index is 789. The van der Waals surface area contributed by atoms with Crippen LogP contribution in [-0.4, -0.2) is 27.3 Å². The van der Waals surface area contributed by atoms with E-state index in [1.165, 1.54) is 0 Å². The molecule has 0 fully saturated rings. The monoisotopic (exact) mass is 346 g/mol. The van der Waals surface area contributed by atoms with E-state index >= 15 is 0 Å². The van der Waals surface area contributed by atoms with Crippen molar-refractivity contribution in [2.75, 3.05) is 6.61 Å². The first-order chi connectivity index (χ1) is 11.6. The minimum atomic E-state index is -0.223. The number of nitrogens with zero attached hydrogens (tertiary/aromatic N) is 3. The highest BCUT2D eigenvalue weighted by Crippen LogP contribution is 2.30. The van der Waals surface area contributed by atoms with E-state index in [4.69, 9.17) is 16.3 Å². The number of rotatable bonds is 3. The maximum atomic E-state index is 12.6. The van der Waals surface area contributed by atoms with Crippen LogP contribution in [0.15, 0.2) is 18.2 Å². The molecule has 126 valence electrons. The van der Waals surface area contributed by atoms with Gasteiger partial charge >= 0.3 is 0 Å².